The number of nitrogens with two attached hydrogens (primary N) is 1. The molecule has 0 aromatic carbocycles. The van der Waals surface area contributed by atoms with Gasteiger partial charge in [0.1, 0.15) is 0 Å². The van der Waals surface area contributed by atoms with E-state index in [9.17, 15) is 0 Å². The van der Waals surface area contributed by atoms with Gasteiger partial charge in [0, 0.05) is 18.0 Å². The number of hydrogen-bond donors (Lipinski definition) is 1. The first-order valence-corrected chi connectivity index (χ1v) is 7.31. The first-order valence-electron chi connectivity index (χ1n) is 6.43. The molecule has 0 aliphatic carbocycles. The van der Waals surface area contributed by atoms with Crippen molar-refractivity contribution in [3.05, 3.63) is 40.1 Å². The smallest absolute Gasteiger partial charge is 0.0798 e. The molecule has 4 nitrogen and oxygen atoms in total. The summed E-state index contributed by atoms with van der Waals surface area (Å²) >= 11 is 1.69. The molecule has 0 amide bonds. The number of nitrogens with zero attached hydrogens (tertiary/aromatic N) is 3. The van der Waals surface area contributed by atoms with Crippen molar-refractivity contribution in [3.8, 4) is 0 Å². The Kier molecular flexibility index (Phi) is 4.50. The SMILES string of the molecule is CC[C@@H](N)c1ccc(N(C)Cc2scnc2C)cn1. The highest BCUT2D eigenvalue weighted by Gasteiger charge is 2.09. The van der Waals surface area contributed by atoms with E-state index in [2.05, 4.69) is 34.9 Å². The van der Waals surface area contributed by atoms with Crippen molar-refractivity contribution in [2.45, 2.75) is 32.9 Å². The number of pyridine rings is 1. The molecule has 0 bridgehead atoms. The predicted molar refractivity (Wildman–Crippen MR) is 80.4 cm³/mol. The lowest BCUT2D eigenvalue weighted by Gasteiger charge is -2.19. The topological polar surface area (TPSA) is 55.0 Å². The maximum Gasteiger partial charge on any atom is 0.0798 e. The van der Waals surface area contributed by atoms with Crippen LogP contribution in [0.2, 0.25) is 0 Å². The van der Waals surface area contributed by atoms with Crippen molar-refractivity contribution < 1.29 is 0 Å². The van der Waals surface area contributed by atoms with Crippen molar-refractivity contribution in [1.29, 1.82) is 0 Å². The molecule has 5 heteroatoms. The highest BCUT2D eigenvalue weighted by molar-refractivity contribution is 7.09. The van der Waals surface area contributed by atoms with Crippen LogP contribution >= 0.6 is 11.3 Å². The molecule has 2 aromatic rings. The van der Waals surface area contributed by atoms with Crippen LogP contribution in [0.3, 0.4) is 0 Å². The second-order valence-electron chi connectivity index (χ2n) is 4.67. The molecule has 2 heterocycles. The van der Waals surface area contributed by atoms with Crippen LogP contribution in [0.25, 0.3) is 0 Å². The van der Waals surface area contributed by atoms with Crippen molar-refractivity contribution in [3.63, 3.8) is 0 Å². The van der Waals surface area contributed by atoms with Gasteiger partial charge in [-0.15, -0.1) is 11.3 Å². The molecule has 0 aliphatic rings. The van der Waals surface area contributed by atoms with Gasteiger partial charge in [-0.3, -0.25) is 4.98 Å². The predicted octanol–water partition coefficient (Wildman–Crippen LogP) is 2.89. The monoisotopic (exact) mass is 276 g/mol. The molecule has 0 fully saturated rings. The largest absolute Gasteiger partial charge is 0.368 e. The zero-order valence-corrected chi connectivity index (χ0v) is 12.4. The van der Waals surface area contributed by atoms with Crippen LogP contribution in [-0.4, -0.2) is 17.0 Å². The van der Waals surface area contributed by atoms with E-state index in [1.54, 1.807) is 11.3 Å². The lowest BCUT2D eigenvalue weighted by molar-refractivity contribution is 0.675. The highest BCUT2D eigenvalue weighted by atomic mass is 32.1. The molecule has 102 valence electrons. The van der Waals surface area contributed by atoms with Crippen LogP contribution in [0.4, 0.5) is 5.69 Å². The Hall–Kier alpha value is -1.46. The Morgan fingerprint density at radius 1 is 1.37 bits per heavy atom. The van der Waals surface area contributed by atoms with Crippen molar-refractivity contribution in [2.24, 2.45) is 5.73 Å². The van der Waals surface area contributed by atoms with Crippen molar-refractivity contribution in [2.75, 3.05) is 11.9 Å². The summed E-state index contributed by atoms with van der Waals surface area (Å²) in [6.45, 7) is 4.97. The van der Waals surface area contributed by atoms with Crippen LogP contribution < -0.4 is 10.6 Å². The third-order valence-electron chi connectivity index (χ3n) is 3.26. The van der Waals surface area contributed by atoms with E-state index in [0.29, 0.717) is 0 Å². The number of rotatable bonds is 5. The van der Waals surface area contributed by atoms with Gasteiger partial charge in [-0.25, -0.2) is 4.98 Å². The highest BCUT2D eigenvalue weighted by Crippen LogP contribution is 2.20. The van der Waals surface area contributed by atoms with Crippen LogP contribution in [-0.2, 0) is 6.54 Å². The Morgan fingerprint density at radius 3 is 2.68 bits per heavy atom. The molecular formula is C14H20N4S. The van der Waals surface area contributed by atoms with Crippen molar-refractivity contribution >= 4 is 17.0 Å². The first kappa shape index (κ1) is 14.0. The van der Waals surface area contributed by atoms with E-state index in [4.69, 9.17) is 5.73 Å². The van der Waals surface area contributed by atoms with E-state index >= 15 is 0 Å². The molecule has 2 rings (SSSR count). The molecule has 0 saturated heterocycles. The second-order valence-corrected chi connectivity index (χ2v) is 5.61. The third-order valence-corrected chi connectivity index (χ3v) is 4.18. The summed E-state index contributed by atoms with van der Waals surface area (Å²) in [6.07, 6.45) is 2.80. The Bertz CT molecular complexity index is 520. The zero-order chi connectivity index (χ0) is 13.8. The Balaban J connectivity index is 2.07. The molecule has 2 aromatic heterocycles. The fourth-order valence-corrected chi connectivity index (χ4v) is 2.67. The lowest BCUT2D eigenvalue weighted by atomic mass is 10.1. The molecular weight excluding hydrogens is 256 g/mol. The van der Waals surface area contributed by atoms with Gasteiger partial charge < -0.3 is 10.6 Å². The molecule has 1 atom stereocenters. The first-order chi connectivity index (χ1) is 9.11. The van der Waals surface area contributed by atoms with Gasteiger partial charge in [-0.1, -0.05) is 6.92 Å². The second kappa shape index (κ2) is 6.12. The number of thiazole rings is 1. The van der Waals surface area contributed by atoms with Gasteiger partial charge in [-0.05, 0) is 25.5 Å². The minimum atomic E-state index is 0.0306. The summed E-state index contributed by atoms with van der Waals surface area (Å²) in [5, 5.41) is 0. The van der Waals surface area contributed by atoms with Gasteiger partial charge in [0.25, 0.3) is 0 Å². The van der Waals surface area contributed by atoms with Crippen LogP contribution in [0.5, 0.6) is 0 Å². The standard InChI is InChI=1S/C14H20N4S/c1-4-12(15)13-6-5-11(7-16-13)18(3)8-14-10(2)17-9-19-14/h5-7,9,12H,4,8,15H2,1-3H3/t12-/m1/s1. The number of anilines is 1. The summed E-state index contributed by atoms with van der Waals surface area (Å²) in [7, 11) is 2.07. The Morgan fingerprint density at radius 2 is 2.16 bits per heavy atom. The average molecular weight is 276 g/mol. The zero-order valence-electron chi connectivity index (χ0n) is 11.6. The summed E-state index contributed by atoms with van der Waals surface area (Å²) in [5.41, 5.74) is 11.0. The molecule has 2 N–H and O–H groups in total. The van der Waals surface area contributed by atoms with E-state index in [1.807, 2.05) is 24.7 Å². The van der Waals surface area contributed by atoms with E-state index in [-0.39, 0.29) is 6.04 Å². The fraction of sp³-hybridized carbons (Fsp3) is 0.429. The number of hydrogen-bond acceptors (Lipinski definition) is 5. The van der Waals surface area contributed by atoms with E-state index in [1.165, 1.54) is 4.88 Å². The van der Waals surface area contributed by atoms with Crippen LogP contribution in [0.1, 0.15) is 35.7 Å². The third kappa shape index (κ3) is 3.30. The molecule has 0 unspecified atom stereocenters. The van der Waals surface area contributed by atoms with Gasteiger partial charge in [-0.2, -0.15) is 0 Å². The van der Waals surface area contributed by atoms with Gasteiger partial charge in [0.15, 0.2) is 0 Å². The molecule has 0 spiro atoms. The van der Waals surface area contributed by atoms with Gasteiger partial charge in [0.05, 0.1) is 35.3 Å². The number of aromatic nitrogens is 2. The molecule has 0 saturated carbocycles. The fourth-order valence-electron chi connectivity index (χ4n) is 1.84. The van der Waals surface area contributed by atoms with E-state index in [0.717, 1.165) is 30.0 Å². The summed E-state index contributed by atoms with van der Waals surface area (Å²) in [5.74, 6) is 0. The molecule has 0 aliphatic heterocycles. The molecule has 19 heavy (non-hydrogen) atoms. The molecule has 0 radical (unpaired) electrons. The van der Waals surface area contributed by atoms with Gasteiger partial charge in [0.2, 0.25) is 0 Å². The lowest BCUT2D eigenvalue weighted by Crippen LogP contribution is -2.17. The summed E-state index contributed by atoms with van der Waals surface area (Å²) in [6, 6.07) is 4.12. The minimum absolute atomic E-state index is 0.0306. The maximum atomic E-state index is 5.97. The normalized spacial score (nSPS) is 12.4. The van der Waals surface area contributed by atoms with Crippen LogP contribution in [0, 0.1) is 6.92 Å². The summed E-state index contributed by atoms with van der Waals surface area (Å²) in [4.78, 5) is 12.2. The van der Waals surface area contributed by atoms with Gasteiger partial charge >= 0.3 is 0 Å². The number of aryl methyl sites for hydroxylation is 1. The van der Waals surface area contributed by atoms with E-state index < -0.39 is 0 Å². The van der Waals surface area contributed by atoms with Crippen LogP contribution in [0.15, 0.2) is 23.8 Å². The maximum absolute atomic E-state index is 5.97. The average Bonchev–Trinajstić information content (AvgIpc) is 2.83. The summed E-state index contributed by atoms with van der Waals surface area (Å²) < 4.78 is 0. The quantitative estimate of drug-likeness (QED) is 0.912. The van der Waals surface area contributed by atoms with Crippen molar-refractivity contribution in [1.82, 2.24) is 9.97 Å². The Labute approximate surface area is 118 Å². The minimum Gasteiger partial charge on any atom is -0.368 e.